The van der Waals surface area contributed by atoms with Crippen LogP contribution in [0.4, 0.5) is 5.69 Å². The SMILES string of the molecule is CC(=O)CNc1ccc(-n2ccnc2)cc1. The van der Waals surface area contributed by atoms with E-state index in [-0.39, 0.29) is 5.78 Å². The molecule has 0 saturated carbocycles. The minimum absolute atomic E-state index is 0.124. The Morgan fingerprint density at radius 2 is 2.12 bits per heavy atom. The molecule has 0 aliphatic rings. The van der Waals surface area contributed by atoms with Crippen LogP contribution in [-0.2, 0) is 4.79 Å². The van der Waals surface area contributed by atoms with E-state index in [4.69, 9.17) is 0 Å². The lowest BCUT2D eigenvalue weighted by Gasteiger charge is -2.06. The van der Waals surface area contributed by atoms with Crippen LogP contribution in [0.5, 0.6) is 0 Å². The van der Waals surface area contributed by atoms with Crippen molar-refractivity contribution in [3.63, 3.8) is 0 Å². The van der Waals surface area contributed by atoms with Crippen molar-refractivity contribution in [1.29, 1.82) is 0 Å². The van der Waals surface area contributed by atoms with Gasteiger partial charge in [0.1, 0.15) is 5.78 Å². The molecule has 4 heteroatoms. The Morgan fingerprint density at radius 1 is 1.38 bits per heavy atom. The predicted molar refractivity (Wildman–Crippen MR) is 62.7 cm³/mol. The number of imidazole rings is 1. The summed E-state index contributed by atoms with van der Waals surface area (Å²) in [5, 5.41) is 3.04. The van der Waals surface area contributed by atoms with Gasteiger partial charge in [-0.25, -0.2) is 4.98 Å². The Labute approximate surface area is 93.9 Å². The third-order valence-corrected chi connectivity index (χ3v) is 2.21. The van der Waals surface area contributed by atoms with E-state index in [2.05, 4.69) is 10.3 Å². The summed E-state index contributed by atoms with van der Waals surface area (Å²) in [6.07, 6.45) is 5.37. The third-order valence-electron chi connectivity index (χ3n) is 2.21. The molecule has 0 fully saturated rings. The van der Waals surface area contributed by atoms with Crippen LogP contribution < -0.4 is 5.32 Å². The highest BCUT2D eigenvalue weighted by molar-refractivity contribution is 5.80. The number of carbonyl (C=O) groups is 1. The van der Waals surface area contributed by atoms with Crippen LogP contribution in [0.25, 0.3) is 5.69 Å². The van der Waals surface area contributed by atoms with Gasteiger partial charge in [0.2, 0.25) is 0 Å². The van der Waals surface area contributed by atoms with Crippen molar-refractivity contribution < 1.29 is 4.79 Å². The molecule has 0 saturated heterocycles. The molecule has 0 radical (unpaired) electrons. The van der Waals surface area contributed by atoms with Gasteiger partial charge in [0.15, 0.2) is 0 Å². The Morgan fingerprint density at radius 3 is 2.69 bits per heavy atom. The number of nitrogens with one attached hydrogen (secondary N) is 1. The maximum atomic E-state index is 10.8. The van der Waals surface area contributed by atoms with E-state index in [1.807, 2.05) is 35.0 Å². The molecule has 2 rings (SSSR count). The lowest BCUT2D eigenvalue weighted by molar-refractivity contribution is -0.115. The van der Waals surface area contributed by atoms with Gasteiger partial charge in [0.05, 0.1) is 12.9 Å². The second kappa shape index (κ2) is 4.61. The Kier molecular flexibility index (Phi) is 3.00. The first-order chi connectivity index (χ1) is 7.75. The monoisotopic (exact) mass is 215 g/mol. The lowest BCUT2D eigenvalue weighted by Crippen LogP contribution is -2.09. The topological polar surface area (TPSA) is 46.9 Å². The summed E-state index contributed by atoms with van der Waals surface area (Å²) in [5.41, 5.74) is 1.99. The number of anilines is 1. The van der Waals surface area contributed by atoms with Crippen LogP contribution in [0.2, 0.25) is 0 Å². The van der Waals surface area contributed by atoms with E-state index in [9.17, 15) is 4.79 Å². The van der Waals surface area contributed by atoms with Crippen LogP contribution in [-0.4, -0.2) is 21.9 Å². The minimum atomic E-state index is 0.124. The molecule has 0 bridgehead atoms. The van der Waals surface area contributed by atoms with Gasteiger partial charge in [-0.2, -0.15) is 0 Å². The average molecular weight is 215 g/mol. The second-order valence-corrected chi connectivity index (χ2v) is 3.57. The largest absolute Gasteiger partial charge is 0.378 e. The molecule has 4 nitrogen and oxygen atoms in total. The molecule has 1 heterocycles. The number of hydrogen-bond acceptors (Lipinski definition) is 3. The van der Waals surface area contributed by atoms with Gasteiger partial charge in [0.25, 0.3) is 0 Å². The van der Waals surface area contributed by atoms with Gasteiger partial charge in [-0.15, -0.1) is 0 Å². The fraction of sp³-hybridized carbons (Fsp3) is 0.167. The fourth-order valence-corrected chi connectivity index (χ4v) is 1.39. The Balaban J connectivity index is 2.08. The summed E-state index contributed by atoms with van der Waals surface area (Å²) in [7, 11) is 0. The summed E-state index contributed by atoms with van der Waals surface area (Å²) in [6, 6.07) is 7.84. The molecule has 0 amide bonds. The predicted octanol–water partition coefficient (Wildman–Crippen LogP) is 1.87. The number of Topliss-reactive ketones (excluding diaryl/α,β-unsaturated/α-hetero) is 1. The number of hydrogen-bond donors (Lipinski definition) is 1. The van der Waals surface area contributed by atoms with Crippen molar-refractivity contribution in [2.75, 3.05) is 11.9 Å². The zero-order valence-electron chi connectivity index (χ0n) is 9.05. The van der Waals surface area contributed by atoms with Crippen LogP contribution in [0.15, 0.2) is 43.0 Å². The van der Waals surface area contributed by atoms with Crippen molar-refractivity contribution in [2.45, 2.75) is 6.92 Å². The van der Waals surface area contributed by atoms with Crippen LogP contribution in [0, 0.1) is 0 Å². The van der Waals surface area contributed by atoms with Gasteiger partial charge in [0, 0.05) is 23.8 Å². The lowest BCUT2D eigenvalue weighted by atomic mass is 10.2. The first kappa shape index (κ1) is 10.4. The highest BCUT2D eigenvalue weighted by Crippen LogP contribution is 2.12. The molecule has 1 aromatic carbocycles. The number of benzene rings is 1. The van der Waals surface area contributed by atoms with E-state index in [1.165, 1.54) is 0 Å². The van der Waals surface area contributed by atoms with Crippen molar-refractivity contribution in [2.24, 2.45) is 0 Å². The third kappa shape index (κ3) is 2.48. The zero-order valence-corrected chi connectivity index (χ0v) is 9.05. The van der Waals surface area contributed by atoms with E-state index < -0.39 is 0 Å². The smallest absolute Gasteiger partial charge is 0.148 e. The first-order valence-corrected chi connectivity index (χ1v) is 5.07. The van der Waals surface area contributed by atoms with Crippen molar-refractivity contribution >= 4 is 11.5 Å². The van der Waals surface area contributed by atoms with E-state index >= 15 is 0 Å². The first-order valence-electron chi connectivity index (χ1n) is 5.07. The quantitative estimate of drug-likeness (QED) is 0.847. The van der Waals surface area contributed by atoms with E-state index in [0.29, 0.717) is 6.54 Å². The van der Waals surface area contributed by atoms with Crippen molar-refractivity contribution in [1.82, 2.24) is 9.55 Å². The molecule has 0 unspecified atom stereocenters. The molecule has 2 aromatic rings. The van der Waals surface area contributed by atoms with Crippen molar-refractivity contribution in [3.05, 3.63) is 43.0 Å². The number of aromatic nitrogens is 2. The molecule has 82 valence electrons. The number of rotatable bonds is 4. The Hall–Kier alpha value is -2.10. The maximum absolute atomic E-state index is 10.8. The molecular weight excluding hydrogens is 202 g/mol. The molecule has 1 N–H and O–H groups in total. The maximum Gasteiger partial charge on any atom is 0.148 e. The van der Waals surface area contributed by atoms with E-state index in [0.717, 1.165) is 11.4 Å². The second-order valence-electron chi connectivity index (χ2n) is 3.57. The Bertz CT molecular complexity index is 460. The minimum Gasteiger partial charge on any atom is -0.378 e. The summed E-state index contributed by atoms with van der Waals surface area (Å²) in [4.78, 5) is 14.8. The average Bonchev–Trinajstić information content (AvgIpc) is 2.80. The molecule has 16 heavy (non-hydrogen) atoms. The molecule has 0 spiro atoms. The van der Waals surface area contributed by atoms with Gasteiger partial charge >= 0.3 is 0 Å². The highest BCUT2D eigenvalue weighted by Gasteiger charge is 1.97. The molecule has 1 aromatic heterocycles. The molecule has 0 atom stereocenters. The van der Waals surface area contributed by atoms with Gasteiger partial charge in [-0.05, 0) is 31.2 Å². The highest BCUT2D eigenvalue weighted by atomic mass is 16.1. The van der Waals surface area contributed by atoms with Gasteiger partial charge in [-0.1, -0.05) is 0 Å². The van der Waals surface area contributed by atoms with Crippen molar-refractivity contribution in [3.8, 4) is 5.69 Å². The van der Waals surface area contributed by atoms with Crippen LogP contribution in [0.3, 0.4) is 0 Å². The molecular formula is C12H13N3O. The zero-order chi connectivity index (χ0) is 11.4. The normalized spacial score (nSPS) is 10.1. The molecule has 0 aliphatic heterocycles. The van der Waals surface area contributed by atoms with Crippen LogP contribution >= 0.6 is 0 Å². The van der Waals surface area contributed by atoms with E-state index in [1.54, 1.807) is 19.4 Å². The summed E-state index contributed by atoms with van der Waals surface area (Å²) in [5.74, 6) is 0.124. The van der Waals surface area contributed by atoms with Crippen LogP contribution in [0.1, 0.15) is 6.92 Å². The number of carbonyl (C=O) groups excluding carboxylic acids is 1. The summed E-state index contributed by atoms with van der Waals surface area (Å²) >= 11 is 0. The summed E-state index contributed by atoms with van der Waals surface area (Å²) < 4.78 is 1.93. The fourth-order valence-electron chi connectivity index (χ4n) is 1.39. The molecule has 0 aliphatic carbocycles. The van der Waals surface area contributed by atoms with Gasteiger partial charge in [-0.3, -0.25) is 4.79 Å². The van der Waals surface area contributed by atoms with Gasteiger partial charge < -0.3 is 9.88 Å². The standard InChI is InChI=1S/C12H13N3O/c1-10(16)8-14-11-2-4-12(5-3-11)15-7-6-13-9-15/h2-7,9,14H,8H2,1H3. The summed E-state index contributed by atoms with van der Waals surface area (Å²) in [6.45, 7) is 1.93. The number of nitrogens with zero attached hydrogens (tertiary/aromatic N) is 2. The number of ketones is 1.